The van der Waals surface area contributed by atoms with Crippen LogP contribution in [0.2, 0.25) is 5.02 Å². The third-order valence-electron chi connectivity index (χ3n) is 9.60. The first-order chi connectivity index (χ1) is 29.7. The zero-order valence-corrected chi connectivity index (χ0v) is 32.9. The van der Waals surface area contributed by atoms with Crippen LogP contribution in [0, 0.1) is 5.82 Å². The molecule has 7 heterocycles. The lowest BCUT2D eigenvalue weighted by Gasteiger charge is -2.10. The number of aliphatic hydroxyl groups excluding tert-OH is 2. The van der Waals surface area contributed by atoms with Crippen molar-refractivity contribution in [1.82, 2.24) is 43.6 Å². The Balaban J connectivity index is 0.000000126. The van der Waals surface area contributed by atoms with Crippen LogP contribution in [0.5, 0.6) is 0 Å². The number of aromatic nitrogens is 9. The lowest BCUT2D eigenvalue weighted by Crippen LogP contribution is -2.25. The van der Waals surface area contributed by atoms with E-state index in [1.54, 1.807) is 90.1 Å². The highest BCUT2D eigenvalue weighted by Crippen LogP contribution is 2.35. The Morgan fingerprint density at radius 3 is 1.56 bits per heavy atom. The van der Waals surface area contributed by atoms with Crippen molar-refractivity contribution in [1.29, 1.82) is 0 Å². The highest BCUT2D eigenvalue weighted by atomic mass is 35.5. The summed E-state index contributed by atoms with van der Waals surface area (Å²) < 4.78 is 22.9. The summed E-state index contributed by atoms with van der Waals surface area (Å²) in [5, 5.41) is 18.9. The van der Waals surface area contributed by atoms with Crippen LogP contribution in [-0.4, -0.2) is 67.0 Å². The molecule has 0 atom stereocenters. The fraction of sp³-hybridized carbons (Fsp3) is 0.159. The first-order valence-electron chi connectivity index (χ1n) is 19.1. The van der Waals surface area contributed by atoms with E-state index in [-0.39, 0.29) is 60.5 Å². The summed E-state index contributed by atoms with van der Waals surface area (Å²) in [5.74, 6) is 0.127. The Morgan fingerprint density at radius 1 is 0.607 bits per heavy atom. The maximum Gasteiger partial charge on any atom is 0.282 e. The summed E-state index contributed by atoms with van der Waals surface area (Å²) in [4.78, 5) is 63.4. The van der Waals surface area contributed by atoms with E-state index in [2.05, 4.69) is 29.9 Å². The van der Waals surface area contributed by atoms with Crippen LogP contribution >= 0.6 is 11.6 Å². The number of nitrogens with zero attached hydrogens (tertiary/aromatic N) is 9. The van der Waals surface area contributed by atoms with Crippen LogP contribution in [-0.2, 0) is 13.1 Å². The Bertz CT molecular complexity index is 3030. The number of hydrogen-bond donors (Lipinski definition) is 2. The standard InChI is InChI=1S/C15H12ClN3O2.C15H12FN3O2.C14H11N3O2/c2*16-11-5-3-10(4-6-11)13-15(21)19(8-9-20)14-12(18-13)2-1-7-17-14;18-14-12(11-4-2-8-19-11)16-10-3-1-7-15-13(10)17(14)9-5-6-9/h2*1-7,20H,8-9H2;1-4,7-9H,5-6H2. The molecule has 2 aromatic carbocycles. The summed E-state index contributed by atoms with van der Waals surface area (Å²) in [6, 6.07) is 26.9. The molecule has 0 unspecified atom stereocenters. The molecular weight excluding hydrogens is 805 g/mol. The van der Waals surface area contributed by atoms with Crippen LogP contribution in [0.4, 0.5) is 4.39 Å². The molecule has 0 amide bonds. The van der Waals surface area contributed by atoms with Crippen molar-refractivity contribution >= 4 is 45.1 Å². The average Bonchev–Trinajstić information content (AvgIpc) is 3.97. The zero-order chi connectivity index (χ0) is 42.5. The van der Waals surface area contributed by atoms with Crippen molar-refractivity contribution in [3.63, 3.8) is 0 Å². The number of hydrogen-bond acceptors (Lipinski definition) is 12. The summed E-state index contributed by atoms with van der Waals surface area (Å²) in [7, 11) is 0. The lowest BCUT2D eigenvalue weighted by atomic mass is 10.1. The normalized spacial score (nSPS) is 12.2. The van der Waals surface area contributed by atoms with Crippen molar-refractivity contribution in [3.05, 3.63) is 164 Å². The van der Waals surface area contributed by atoms with Gasteiger partial charge in [-0.3, -0.25) is 28.1 Å². The molecule has 17 heteroatoms. The van der Waals surface area contributed by atoms with Gasteiger partial charge in [-0.1, -0.05) is 23.7 Å². The van der Waals surface area contributed by atoms with Gasteiger partial charge in [-0.2, -0.15) is 0 Å². The summed E-state index contributed by atoms with van der Waals surface area (Å²) in [6.45, 7) is -0.0212. The molecule has 2 N–H and O–H groups in total. The summed E-state index contributed by atoms with van der Waals surface area (Å²) >= 11 is 5.87. The Labute approximate surface area is 349 Å². The second-order valence-corrected chi connectivity index (χ2v) is 14.1. The van der Waals surface area contributed by atoms with Gasteiger partial charge in [-0.25, -0.2) is 34.3 Å². The lowest BCUT2D eigenvalue weighted by molar-refractivity contribution is 0.275. The number of pyridine rings is 3. The maximum atomic E-state index is 13.0. The second kappa shape index (κ2) is 17.9. The van der Waals surface area contributed by atoms with Crippen molar-refractivity contribution < 1.29 is 19.0 Å². The molecule has 0 aliphatic heterocycles. The number of benzene rings is 2. The van der Waals surface area contributed by atoms with Gasteiger partial charge in [-0.05, 0) is 97.8 Å². The van der Waals surface area contributed by atoms with E-state index in [9.17, 15) is 23.9 Å². The Morgan fingerprint density at radius 2 is 1.08 bits per heavy atom. The highest BCUT2D eigenvalue weighted by Gasteiger charge is 2.29. The molecule has 0 radical (unpaired) electrons. The molecule has 9 aromatic rings. The number of halogens is 2. The molecule has 1 saturated carbocycles. The number of fused-ring (bicyclic) bond motifs is 3. The largest absolute Gasteiger partial charge is 0.463 e. The molecule has 1 aliphatic rings. The minimum absolute atomic E-state index is 0.122. The first-order valence-corrected chi connectivity index (χ1v) is 19.5. The van der Waals surface area contributed by atoms with Crippen molar-refractivity contribution in [2.75, 3.05) is 13.2 Å². The molecule has 10 rings (SSSR count). The number of rotatable bonds is 8. The molecule has 61 heavy (non-hydrogen) atoms. The summed E-state index contributed by atoms with van der Waals surface area (Å²) in [6.07, 6.45) is 8.44. The molecule has 7 aromatic heterocycles. The van der Waals surface area contributed by atoms with Crippen LogP contribution in [0.1, 0.15) is 18.9 Å². The minimum atomic E-state index is -0.378. The monoisotopic (exact) mass is 839 g/mol. The van der Waals surface area contributed by atoms with E-state index in [1.165, 1.54) is 33.4 Å². The van der Waals surface area contributed by atoms with E-state index in [0.717, 1.165) is 18.4 Å². The first kappa shape index (κ1) is 40.5. The fourth-order valence-corrected chi connectivity index (χ4v) is 6.77. The molecule has 0 spiro atoms. The van der Waals surface area contributed by atoms with Crippen molar-refractivity contribution in [3.8, 4) is 34.0 Å². The fourth-order valence-electron chi connectivity index (χ4n) is 6.64. The number of aliphatic hydroxyl groups is 2. The van der Waals surface area contributed by atoms with Crippen LogP contribution < -0.4 is 16.7 Å². The van der Waals surface area contributed by atoms with Gasteiger partial charge >= 0.3 is 0 Å². The molecule has 1 aliphatic carbocycles. The SMILES string of the molecule is O=c1c(-c2ccc(Cl)cc2)nc2cccnc2n1CCO.O=c1c(-c2ccc(F)cc2)nc2cccnc2n1CCO.O=c1c(-c2ccco2)nc2cccnc2n1C1CC1. The van der Waals surface area contributed by atoms with Gasteiger partial charge in [0.15, 0.2) is 28.4 Å². The molecule has 1 fully saturated rings. The molecule has 15 nitrogen and oxygen atoms in total. The zero-order valence-electron chi connectivity index (χ0n) is 32.2. The maximum absolute atomic E-state index is 13.0. The predicted octanol–water partition coefficient (Wildman–Crippen LogP) is 6.08. The molecule has 0 bridgehead atoms. The predicted molar refractivity (Wildman–Crippen MR) is 227 cm³/mol. The third kappa shape index (κ3) is 8.58. The van der Waals surface area contributed by atoms with E-state index in [4.69, 9.17) is 21.1 Å². The van der Waals surface area contributed by atoms with Gasteiger partial charge in [0.05, 0.1) is 32.6 Å². The topological polar surface area (TPSA) is 197 Å². The van der Waals surface area contributed by atoms with E-state index < -0.39 is 0 Å². The quantitative estimate of drug-likeness (QED) is 0.179. The highest BCUT2D eigenvalue weighted by molar-refractivity contribution is 6.30. The van der Waals surface area contributed by atoms with Crippen LogP contribution in [0.25, 0.3) is 67.5 Å². The van der Waals surface area contributed by atoms with Gasteiger partial charge in [0.1, 0.15) is 33.8 Å². The van der Waals surface area contributed by atoms with Crippen LogP contribution in [0.15, 0.2) is 141 Å². The van der Waals surface area contributed by atoms with E-state index in [0.29, 0.717) is 61.3 Å². The third-order valence-corrected chi connectivity index (χ3v) is 9.85. The second-order valence-electron chi connectivity index (χ2n) is 13.7. The van der Waals surface area contributed by atoms with Gasteiger partial charge < -0.3 is 14.6 Å². The van der Waals surface area contributed by atoms with Gasteiger partial charge in [0.25, 0.3) is 16.7 Å². The molecular formula is C44H35ClFN9O6. The Kier molecular flexibility index (Phi) is 11.9. The van der Waals surface area contributed by atoms with E-state index >= 15 is 0 Å². The smallest absolute Gasteiger partial charge is 0.282 e. The van der Waals surface area contributed by atoms with Gasteiger partial charge in [0.2, 0.25) is 0 Å². The molecule has 306 valence electrons. The summed E-state index contributed by atoms with van der Waals surface area (Å²) in [5.41, 5.74) is 4.76. The van der Waals surface area contributed by atoms with Crippen molar-refractivity contribution in [2.45, 2.75) is 32.0 Å². The van der Waals surface area contributed by atoms with E-state index in [1.807, 2.05) is 12.1 Å². The van der Waals surface area contributed by atoms with Gasteiger partial charge in [-0.15, -0.1) is 0 Å². The average molecular weight is 840 g/mol. The number of furan rings is 1. The minimum Gasteiger partial charge on any atom is -0.463 e. The van der Waals surface area contributed by atoms with Gasteiger partial charge in [0, 0.05) is 40.8 Å². The van der Waals surface area contributed by atoms with Crippen molar-refractivity contribution in [2.24, 2.45) is 0 Å². The van der Waals surface area contributed by atoms with Crippen LogP contribution in [0.3, 0.4) is 0 Å². The molecule has 0 saturated heterocycles. The Hall–Kier alpha value is -7.27.